The Kier molecular flexibility index (Phi) is 4.19. The molecule has 0 saturated heterocycles. The first-order valence-electron chi connectivity index (χ1n) is 6.48. The molecule has 3 rings (SSSR count). The fourth-order valence-electron chi connectivity index (χ4n) is 2.58. The molecule has 1 atom stereocenters. The summed E-state index contributed by atoms with van der Waals surface area (Å²) in [6.07, 6.45) is 3.67. The third kappa shape index (κ3) is 3.17. The third-order valence-electron chi connectivity index (χ3n) is 3.55. The van der Waals surface area contributed by atoms with Crippen LogP contribution in [-0.4, -0.2) is 0 Å². The number of hydrogen-bond acceptors (Lipinski definition) is 2. The number of aryl methyl sites for hydroxylation is 1. The topological polar surface area (TPSA) is 12.0 Å². The predicted octanol–water partition coefficient (Wildman–Crippen LogP) is 4.66. The summed E-state index contributed by atoms with van der Waals surface area (Å²) in [6, 6.07) is 9.51. The zero-order valence-electron chi connectivity index (χ0n) is 10.5. The Balaban J connectivity index is 1.69. The van der Waals surface area contributed by atoms with Gasteiger partial charge in [0.1, 0.15) is 5.82 Å². The summed E-state index contributed by atoms with van der Waals surface area (Å²) in [5, 5.41) is 3.61. The second kappa shape index (κ2) is 5.89. The lowest BCUT2D eigenvalue weighted by Crippen LogP contribution is -2.23. The molecular formula is C15H15FINS. The molecule has 1 nitrogen and oxygen atoms in total. The molecule has 0 aliphatic heterocycles. The highest BCUT2D eigenvalue weighted by Crippen LogP contribution is 2.36. The quantitative estimate of drug-likeness (QED) is 0.756. The third-order valence-corrected chi connectivity index (χ3v) is 5.52. The van der Waals surface area contributed by atoms with Crippen LogP contribution < -0.4 is 5.32 Å². The molecule has 1 aromatic carbocycles. The molecule has 1 aliphatic carbocycles. The number of nitrogens with one attached hydrogen (secondary N) is 1. The van der Waals surface area contributed by atoms with Crippen LogP contribution in [0.25, 0.3) is 0 Å². The zero-order chi connectivity index (χ0) is 13.2. The van der Waals surface area contributed by atoms with Gasteiger partial charge in [0.2, 0.25) is 0 Å². The lowest BCUT2D eigenvalue weighted by Gasteiger charge is -2.23. The van der Waals surface area contributed by atoms with E-state index in [9.17, 15) is 4.39 Å². The minimum atomic E-state index is -0.170. The SMILES string of the molecule is Fc1ccc(CNC2CCCc3sc(I)cc32)cc1. The minimum absolute atomic E-state index is 0.170. The second-order valence-electron chi connectivity index (χ2n) is 4.88. The first kappa shape index (κ1) is 13.5. The van der Waals surface area contributed by atoms with Gasteiger partial charge in [0.05, 0.1) is 2.88 Å². The van der Waals surface area contributed by atoms with Crippen molar-refractivity contribution in [1.29, 1.82) is 0 Å². The van der Waals surface area contributed by atoms with Gasteiger partial charge < -0.3 is 5.32 Å². The molecule has 0 amide bonds. The van der Waals surface area contributed by atoms with E-state index in [2.05, 4.69) is 34.0 Å². The number of halogens is 2. The van der Waals surface area contributed by atoms with E-state index in [0.29, 0.717) is 6.04 Å². The van der Waals surface area contributed by atoms with Crippen LogP contribution in [0.3, 0.4) is 0 Å². The van der Waals surface area contributed by atoms with E-state index in [0.717, 1.165) is 12.1 Å². The first-order valence-corrected chi connectivity index (χ1v) is 8.38. The van der Waals surface area contributed by atoms with Crippen molar-refractivity contribution >= 4 is 33.9 Å². The standard InChI is InChI=1S/C15H15FINS/c16-11-6-4-10(5-7-11)9-18-13-2-1-3-14-12(13)8-15(17)19-14/h4-8,13,18H,1-3,9H2. The highest BCUT2D eigenvalue weighted by atomic mass is 127. The molecule has 4 heteroatoms. The van der Waals surface area contributed by atoms with Gasteiger partial charge in [-0.2, -0.15) is 0 Å². The number of rotatable bonds is 3. The van der Waals surface area contributed by atoms with Crippen molar-refractivity contribution in [1.82, 2.24) is 5.32 Å². The zero-order valence-corrected chi connectivity index (χ0v) is 13.4. The lowest BCUT2D eigenvalue weighted by atomic mass is 9.94. The van der Waals surface area contributed by atoms with Crippen molar-refractivity contribution in [3.63, 3.8) is 0 Å². The average molecular weight is 387 g/mol. The van der Waals surface area contributed by atoms with Gasteiger partial charge in [-0.3, -0.25) is 0 Å². The Hall–Kier alpha value is -0.460. The first-order chi connectivity index (χ1) is 9.22. The molecule has 0 bridgehead atoms. The van der Waals surface area contributed by atoms with Crippen molar-refractivity contribution in [2.24, 2.45) is 0 Å². The van der Waals surface area contributed by atoms with Gasteiger partial charge >= 0.3 is 0 Å². The van der Waals surface area contributed by atoms with Gasteiger partial charge in [0.25, 0.3) is 0 Å². The Morgan fingerprint density at radius 1 is 1.32 bits per heavy atom. The van der Waals surface area contributed by atoms with Crippen LogP contribution in [0.5, 0.6) is 0 Å². The highest BCUT2D eigenvalue weighted by Gasteiger charge is 2.21. The predicted molar refractivity (Wildman–Crippen MR) is 86.0 cm³/mol. The highest BCUT2D eigenvalue weighted by molar-refractivity contribution is 14.1. The Morgan fingerprint density at radius 3 is 2.89 bits per heavy atom. The maximum Gasteiger partial charge on any atom is 0.123 e. The number of benzene rings is 1. The van der Waals surface area contributed by atoms with Gasteiger partial charge in [0, 0.05) is 17.5 Å². The molecule has 0 fully saturated rings. The van der Waals surface area contributed by atoms with Crippen LogP contribution in [-0.2, 0) is 13.0 Å². The Bertz CT molecular complexity index is 564. The maximum atomic E-state index is 12.9. The second-order valence-corrected chi connectivity index (χ2v) is 7.91. The van der Waals surface area contributed by atoms with E-state index in [1.807, 2.05) is 23.5 Å². The molecule has 1 N–H and O–H groups in total. The van der Waals surface area contributed by atoms with E-state index in [4.69, 9.17) is 0 Å². The monoisotopic (exact) mass is 387 g/mol. The number of thiophene rings is 1. The number of hydrogen-bond donors (Lipinski definition) is 1. The van der Waals surface area contributed by atoms with Crippen molar-refractivity contribution in [3.05, 3.63) is 55.0 Å². The summed E-state index contributed by atoms with van der Waals surface area (Å²) >= 11 is 4.32. The molecule has 1 aliphatic rings. The van der Waals surface area contributed by atoms with Crippen LogP contribution in [0.1, 0.15) is 34.9 Å². The molecule has 1 aromatic heterocycles. The Morgan fingerprint density at radius 2 is 2.11 bits per heavy atom. The molecule has 19 heavy (non-hydrogen) atoms. The normalized spacial score (nSPS) is 18.3. The van der Waals surface area contributed by atoms with E-state index in [1.165, 1.54) is 44.7 Å². The molecule has 0 radical (unpaired) electrons. The summed E-state index contributed by atoms with van der Waals surface area (Å²) in [5.41, 5.74) is 2.61. The maximum absolute atomic E-state index is 12.9. The molecule has 0 saturated carbocycles. The minimum Gasteiger partial charge on any atom is -0.306 e. The summed E-state index contributed by atoms with van der Waals surface area (Å²) in [5.74, 6) is -0.170. The molecule has 100 valence electrons. The van der Waals surface area contributed by atoms with Gasteiger partial charge in [-0.1, -0.05) is 12.1 Å². The molecule has 1 unspecified atom stereocenters. The van der Waals surface area contributed by atoms with Crippen molar-refractivity contribution < 1.29 is 4.39 Å². The van der Waals surface area contributed by atoms with E-state index in [1.54, 1.807) is 0 Å². The van der Waals surface area contributed by atoms with Crippen molar-refractivity contribution in [2.75, 3.05) is 0 Å². The van der Waals surface area contributed by atoms with Crippen molar-refractivity contribution in [3.8, 4) is 0 Å². The summed E-state index contributed by atoms with van der Waals surface area (Å²) < 4.78 is 14.2. The fourth-order valence-corrected chi connectivity index (χ4v) is 4.70. The van der Waals surface area contributed by atoms with Crippen molar-refractivity contribution in [2.45, 2.75) is 31.8 Å². The van der Waals surface area contributed by atoms with Gasteiger partial charge in [-0.15, -0.1) is 11.3 Å². The van der Waals surface area contributed by atoms with E-state index < -0.39 is 0 Å². The average Bonchev–Trinajstić information content (AvgIpc) is 2.79. The van der Waals surface area contributed by atoms with Crippen LogP contribution >= 0.6 is 33.9 Å². The van der Waals surface area contributed by atoms with Gasteiger partial charge in [-0.25, -0.2) is 4.39 Å². The molecular weight excluding hydrogens is 372 g/mol. The lowest BCUT2D eigenvalue weighted by molar-refractivity contribution is 0.463. The molecule has 0 spiro atoms. The van der Waals surface area contributed by atoms with Crippen LogP contribution in [0.15, 0.2) is 30.3 Å². The van der Waals surface area contributed by atoms with E-state index in [-0.39, 0.29) is 5.82 Å². The summed E-state index contributed by atoms with van der Waals surface area (Å²) in [4.78, 5) is 1.53. The molecule has 1 heterocycles. The summed E-state index contributed by atoms with van der Waals surface area (Å²) in [6.45, 7) is 0.802. The van der Waals surface area contributed by atoms with Crippen LogP contribution in [0.4, 0.5) is 4.39 Å². The molecule has 2 aromatic rings. The van der Waals surface area contributed by atoms with Crippen LogP contribution in [0, 0.1) is 8.70 Å². The fraction of sp³-hybridized carbons (Fsp3) is 0.333. The smallest absolute Gasteiger partial charge is 0.123 e. The summed E-state index contributed by atoms with van der Waals surface area (Å²) in [7, 11) is 0. The van der Waals surface area contributed by atoms with Crippen LogP contribution in [0.2, 0.25) is 0 Å². The van der Waals surface area contributed by atoms with E-state index >= 15 is 0 Å². The largest absolute Gasteiger partial charge is 0.306 e. The Labute approximate surface area is 130 Å². The van der Waals surface area contributed by atoms with Gasteiger partial charge in [0.15, 0.2) is 0 Å². The number of fused-ring (bicyclic) bond motifs is 1. The van der Waals surface area contributed by atoms with Gasteiger partial charge in [-0.05, 0) is 71.2 Å².